The first kappa shape index (κ1) is 10.1. The molecule has 2 nitrogen and oxygen atoms in total. The van der Waals surface area contributed by atoms with Crippen LogP contribution in [0.25, 0.3) is 10.6 Å². The van der Waals surface area contributed by atoms with Crippen molar-refractivity contribution < 1.29 is 4.39 Å². The van der Waals surface area contributed by atoms with Gasteiger partial charge >= 0.3 is 0 Å². The van der Waals surface area contributed by atoms with Crippen LogP contribution in [0.2, 0.25) is 0 Å². The molecule has 2 aromatic rings. The molecule has 0 bridgehead atoms. The van der Waals surface area contributed by atoms with E-state index in [-0.39, 0.29) is 5.82 Å². The third-order valence-electron chi connectivity index (χ3n) is 2.17. The minimum atomic E-state index is -0.177. The summed E-state index contributed by atoms with van der Waals surface area (Å²) in [7, 11) is 1.83. The molecule has 0 saturated carbocycles. The van der Waals surface area contributed by atoms with Crippen molar-refractivity contribution in [3.63, 3.8) is 0 Å². The number of thiazole rings is 1. The highest BCUT2D eigenvalue weighted by atomic mass is 32.1. The summed E-state index contributed by atoms with van der Waals surface area (Å²) < 4.78 is 13.1. The molecule has 0 amide bonds. The van der Waals surface area contributed by atoms with Crippen molar-refractivity contribution in [1.29, 1.82) is 0 Å². The van der Waals surface area contributed by atoms with Crippen LogP contribution in [0.15, 0.2) is 23.6 Å². The molecular weight excluding hydrogens is 211 g/mol. The number of anilines is 1. The van der Waals surface area contributed by atoms with Gasteiger partial charge in [0.2, 0.25) is 0 Å². The summed E-state index contributed by atoms with van der Waals surface area (Å²) in [4.78, 5) is 4.35. The first-order valence-corrected chi connectivity index (χ1v) is 5.48. The number of rotatable bonds is 2. The third-order valence-corrected chi connectivity index (χ3v) is 3.06. The van der Waals surface area contributed by atoms with Crippen LogP contribution in [-0.4, -0.2) is 12.0 Å². The molecular formula is C11H11FN2S. The number of halogens is 1. The van der Waals surface area contributed by atoms with Crippen LogP contribution >= 0.6 is 11.3 Å². The molecule has 78 valence electrons. The lowest BCUT2D eigenvalue weighted by atomic mass is 10.1. The molecule has 4 heteroatoms. The van der Waals surface area contributed by atoms with Gasteiger partial charge in [0, 0.05) is 18.0 Å². The van der Waals surface area contributed by atoms with Crippen LogP contribution in [-0.2, 0) is 0 Å². The predicted molar refractivity (Wildman–Crippen MR) is 61.8 cm³/mol. The van der Waals surface area contributed by atoms with E-state index in [9.17, 15) is 4.39 Å². The van der Waals surface area contributed by atoms with Gasteiger partial charge in [0.15, 0.2) is 0 Å². The number of hydrogen-bond acceptors (Lipinski definition) is 3. The molecule has 0 spiro atoms. The average Bonchev–Trinajstić information content (AvgIpc) is 2.70. The van der Waals surface area contributed by atoms with Gasteiger partial charge in [-0.3, -0.25) is 0 Å². The molecule has 0 aliphatic carbocycles. The molecule has 15 heavy (non-hydrogen) atoms. The summed E-state index contributed by atoms with van der Waals surface area (Å²) in [5, 5.41) is 5.81. The van der Waals surface area contributed by atoms with Crippen LogP contribution in [0, 0.1) is 12.7 Å². The molecule has 1 N–H and O–H groups in total. The zero-order valence-electron chi connectivity index (χ0n) is 8.54. The van der Waals surface area contributed by atoms with Crippen molar-refractivity contribution in [3.8, 4) is 10.6 Å². The predicted octanol–water partition coefficient (Wildman–Crippen LogP) is 3.30. The Hall–Kier alpha value is -1.42. The van der Waals surface area contributed by atoms with E-state index < -0.39 is 0 Å². The minimum Gasteiger partial charge on any atom is -0.372 e. The summed E-state index contributed by atoms with van der Waals surface area (Å²) in [5.41, 5.74) is 1.61. The maximum Gasteiger partial charge on any atom is 0.137 e. The fraction of sp³-hybridized carbons (Fsp3) is 0.182. The Kier molecular flexibility index (Phi) is 2.68. The highest BCUT2D eigenvalue weighted by Crippen LogP contribution is 2.26. The van der Waals surface area contributed by atoms with E-state index in [0.717, 1.165) is 16.4 Å². The van der Waals surface area contributed by atoms with Gasteiger partial charge in [-0.05, 0) is 30.7 Å². The Labute approximate surface area is 91.8 Å². The Bertz CT molecular complexity index is 479. The lowest BCUT2D eigenvalue weighted by molar-refractivity contribution is 0.619. The summed E-state index contributed by atoms with van der Waals surface area (Å²) in [6, 6.07) is 5.04. The van der Waals surface area contributed by atoms with Gasteiger partial charge in [-0.15, -0.1) is 11.3 Å². The van der Waals surface area contributed by atoms with Crippen molar-refractivity contribution in [2.24, 2.45) is 0 Å². The van der Waals surface area contributed by atoms with E-state index in [2.05, 4.69) is 10.3 Å². The fourth-order valence-corrected chi connectivity index (χ4v) is 2.11. The molecule has 0 fully saturated rings. The van der Waals surface area contributed by atoms with E-state index in [1.807, 2.05) is 18.5 Å². The molecule has 0 atom stereocenters. The molecule has 1 heterocycles. The number of aromatic nitrogens is 1. The number of benzene rings is 1. The first-order chi connectivity index (χ1) is 7.20. The van der Waals surface area contributed by atoms with Crippen LogP contribution in [0.3, 0.4) is 0 Å². The van der Waals surface area contributed by atoms with Gasteiger partial charge in [-0.25, -0.2) is 9.37 Å². The van der Waals surface area contributed by atoms with Crippen molar-refractivity contribution in [2.75, 3.05) is 12.4 Å². The van der Waals surface area contributed by atoms with Crippen molar-refractivity contribution >= 4 is 17.2 Å². The second-order valence-electron chi connectivity index (χ2n) is 3.25. The van der Waals surface area contributed by atoms with E-state index in [1.54, 1.807) is 24.3 Å². The summed E-state index contributed by atoms with van der Waals surface area (Å²) in [6.45, 7) is 1.76. The largest absolute Gasteiger partial charge is 0.372 e. The summed E-state index contributed by atoms with van der Waals surface area (Å²) in [5.74, 6) is 0.668. The number of nitrogens with zero attached hydrogens (tertiary/aromatic N) is 1. The van der Waals surface area contributed by atoms with Crippen LogP contribution < -0.4 is 5.32 Å². The number of aryl methyl sites for hydroxylation is 1. The maximum absolute atomic E-state index is 13.1. The highest BCUT2D eigenvalue weighted by Gasteiger charge is 2.05. The second kappa shape index (κ2) is 3.98. The van der Waals surface area contributed by atoms with Gasteiger partial charge < -0.3 is 5.32 Å². The zero-order valence-corrected chi connectivity index (χ0v) is 9.36. The Morgan fingerprint density at radius 1 is 1.40 bits per heavy atom. The van der Waals surface area contributed by atoms with E-state index in [0.29, 0.717) is 5.56 Å². The molecule has 0 saturated heterocycles. The molecule has 2 rings (SSSR count). The average molecular weight is 222 g/mol. The van der Waals surface area contributed by atoms with Gasteiger partial charge in [0.05, 0.1) is 0 Å². The Balaban J connectivity index is 2.40. The van der Waals surface area contributed by atoms with Gasteiger partial charge in [-0.1, -0.05) is 0 Å². The minimum absolute atomic E-state index is 0.177. The van der Waals surface area contributed by atoms with Crippen LogP contribution in [0.1, 0.15) is 5.56 Å². The fourth-order valence-electron chi connectivity index (χ4n) is 1.30. The number of nitrogens with one attached hydrogen (secondary N) is 1. The van der Waals surface area contributed by atoms with Crippen LogP contribution in [0.4, 0.5) is 10.2 Å². The van der Waals surface area contributed by atoms with E-state index in [4.69, 9.17) is 0 Å². The molecule has 0 aliphatic rings. The quantitative estimate of drug-likeness (QED) is 0.843. The summed E-state index contributed by atoms with van der Waals surface area (Å²) >= 11 is 1.55. The van der Waals surface area contributed by atoms with Crippen molar-refractivity contribution in [2.45, 2.75) is 6.92 Å². The lowest BCUT2D eigenvalue weighted by Gasteiger charge is -1.99. The maximum atomic E-state index is 13.1. The highest BCUT2D eigenvalue weighted by molar-refractivity contribution is 7.13. The van der Waals surface area contributed by atoms with Crippen molar-refractivity contribution in [3.05, 3.63) is 35.0 Å². The monoisotopic (exact) mass is 222 g/mol. The molecule has 1 aromatic heterocycles. The van der Waals surface area contributed by atoms with Gasteiger partial charge in [0.25, 0.3) is 0 Å². The van der Waals surface area contributed by atoms with Crippen molar-refractivity contribution in [1.82, 2.24) is 4.98 Å². The second-order valence-corrected chi connectivity index (χ2v) is 4.11. The lowest BCUT2D eigenvalue weighted by Crippen LogP contribution is -1.87. The van der Waals surface area contributed by atoms with E-state index >= 15 is 0 Å². The zero-order chi connectivity index (χ0) is 10.8. The molecule has 0 radical (unpaired) electrons. The van der Waals surface area contributed by atoms with Crippen LogP contribution in [0.5, 0.6) is 0 Å². The smallest absolute Gasteiger partial charge is 0.137 e. The molecule has 0 aliphatic heterocycles. The SMILES string of the molecule is CNc1csc(-c2ccc(F)c(C)c2)n1. The topological polar surface area (TPSA) is 24.9 Å². The molecule has 1 aromatic carbocycles. The Morgan fingerprint density at radius 2 is 2.20 bits per heavy atom. The number of hydrogen-bond donors (Lipinski definition) is 1. The normalized spacial score (nSPS) is 10.3. The van der Waals surface area contributed by atoms with Gasteiger partial charge in [-0.2, -0.15) is 0 Å². The van der Waals surface area contributed by atoms with E-state index in [1.165, 1.54) is 6.07 Å². The Morgan fingerprint density at radius 3 is 2.80 bits per heavy atom. The van der Waals surface area contributed by atoms with Gasteiger partial charge in [0.1, 0.15) is 16.6 Å². The standard InChI is InChI=1S/C11H11FN2S/c1-7-5-8(3-4-9(7)12)11-14-10(13-2)6-15-11/h3-6,13H,1-2H3. The summed E-state index contributed by atoms with van der Waals surface area (Å²) in [6.07, 6.45) is 0. The first-order valence-electron chi connectivity index (χ1n) is 4.60. The third kappa shape index (κ3) is 1.99. The molecule has 0 unspecified atom stereocenters.